The summed E-state index contributed by atoms with van der Waals surface area (Å²) in [7, 11) is 3.78. The number of piperidine rings is 1. The summed E-state index contributed by atoms with van der Waals surface area (Å²) in [4.78, 5) is 30.7. The highest BCUT2D eigenvalue weighted by atomic mass is 19.1. The Labute approximate surface area is 249 Å². The van der Waals surface area contributed by atoms with Crippen molar-refractivity contribution >= 4 is 23.2 Å². The van der Waals surface area contributed by atoms with Gasteiger partial charge < -0.3 is 34.6 Å². The number of aliphatic hydroxyl groups is 1. The number of amides is 1. The first kappa shape index (κ1) is 29.9. The van der Waals surface area contributed by atoms with Crippen LogP contribution < -0.4 is 19.7 Å². The van der Waals surface area contributed by atoms with Crippen LogP contribution in [0, 0.1) is 11.3 Å². The third-order valence-corrected chi connectivity index (χ3v) is 7.75. The van der Waals surface area contributed by atoms with Crippen LogP contribution in [0.4, 0.5) is 21.7 Å². The summed E-state index contributed by atoms with van der Waals surface area (Å²) < 4.78 is 26.3. The van der Waals surface area contributed by atoms with E-state index >= 15 is 0 Å². The first-order valence-electron chi connectivity index (χ1n) is 14.1. The minimum atomic E-state index is -1.45. The molecule has 2 aromatic carbocycles. The zero-order chi connectivity index (χ0) is 30.5. The molecule has 1 aromatic heterocycles. The number of alkyl halides is 1. The van der Waals surface area contributed by atoms with Crippen LogP contribution in [0.5, 0.6) is 11.5 Å². The average molecular weight is 591 g/mol. The van der Waals surface area contributed by atoms with Crippen LogP contribution in [0.2, 0.25) is 0 Å². The van der Waals surface area contributed by atoms with Gasteiger partial charge in [0, 0.05) is 56.0 Å². The third kappa shape index (κ3) is 6.76. The molecule has 0 radical (unpaired) electrons. The van der Waals surface area contributed by atoms with Gasteiger partial charge in [-0.1, -0.05) is 0 Å². The SMILES string of the molecule is COc1cc(Nc2ncnc(-c3ccc(OC4CCN(C(=O)CO)C[C@H]4F)c(C#N)c3)n2)ccc1N1CCN(C)C[C@@H]1C. The molecule has 13 heteroatoms. The summed E-state index contributed by atoms with van der Waals surface area (Å²) in [5.74, 6) is 1.11. The zero-order valence-corrected chi connectivity index (χ0v) is 24.4. The summed E-state index contributed by atoms with van der Waals surface area (Å²) in [6.07, 6.45) is -0.655. The molecule has 5 rings (SSSR count). The number of hydrogen-bond acceptors (Lipinski definition) is 11. The second-order valence-corrected chi connectivity index (χ2v) is 10.7. The van der Waals surface area contributed by atoms with Gasteiger partial charge in [-0.25, -0.2) is 14.4 Å². The van der Waals surface area contributed by atoms with E-state index in [4.69, 9.17) is 14.6 Å². The molecule has 2 aliphatic rings. The van der Waals surface area contributed by atoms with Crippen molar-refractivity contribution in [2.24, 2.45) is 0 Å². The van der Waals surface area contributed by atoms with E-state index in [9.17, 15) is 14.4 Å². The molecule has 2 aliphatic heterocycles. The van der Waals surface area contributed by atoms with Gasteiger partial charge in [0.05, 0.1) is 24.9 Å². The number of benzene rings is 2. The second kappa shape index (κ2) is 13.2. The van der Waals surface area contributed by atoms with Crippen LogP contribution in [0.3, 0.4) is 0 Å². The standard InChI is InChI=1S/C30H35FN8O4/c1-19-15-37(2)10-11-39(19)24-6-5-22(13-27(24)42-3)35-30-34-18-33-29(36-30)20-4-7-25(21(12-20)14-32)43-26-8-9-38(16-23(26)31)28(41)17-40/h4-7,12-13,18-19,23,26,40H,8-11,15-17H2,1-3H3,(H,33,34,35,36)/t19-,23+,26?/m0/s1. The minimum Gasteiger partial charge on any atom is -0.495 e. The molecule has 3 aromatic rings. The molecule has 2 N–H and O–H groups in total. The van der Waals surface area contributed by atoms with Gasteiger partial charge in [-0.3, -0.25) is 4.79 Å². The molecule has 2 saturated heterocycles. The van der Waals surface area contributed by atoms with Gasteiger partial charge in [0.1, 0.15) is 36.6 Å². The Hall–Kier alpha value is -4.54. The Morgan fingerprint density at radius 1 is 1.16 bits per heavy atom. The van der Waals surface area contributed by atoms with Gasteiger partial charge in [0.15, 0.2) is 12.0 Å². The molecule has 226 valence electrons. The zero-order valence-electron chi connectivity index (χ0n) is 24.4. The van der Waals surface area contributed by atoms with E-state index in [0.29, 0.717) is 23.4 Å². The molecule has 1 amide bonds. The largest absolute Gasteiger partial charge is 0.495 e. The van der Waals surface area contributed by atoms with Crippen molar-refractivity contribution in [2.45, 2.75) is 31.7 Å². The number of aliphatic hydroxyl groups excluding tert-OH is 1. The number of aromatic nitrogens is 3. The lowest BCUT2D eigenvalue weighted by atomic mass is 10.0. The lowest BCUT2D eigenvalue weighted by Crippen LogP contribution is -2.50. The predicted octanol–water partition coefficient (Wildman–Crippen LogP) is 2.61. The van der Waals surface area contributed by atoms with Crippen molar-refractivity contribution in [3.05, 3.63) is 48.3 Å². The van der Waals surface area contributed by atoms with E-state index < -0.39 is 24.8 Å². The number of methoxy groups -OCH3 is 1. The van der Waals surface area contributed by atoms with E-state index in [1.165, 1.54) is 11.2 Å². The quantitative estimate of drug-likeness (QED) is 0.400. The van der Waals surface area contributed by atoms with Crippen LogP contribution in [0.25, 0.3) is 11.4 Å². The number of carbonyl (C=O) groups excluding carboxylic acids is 1. The monoisotopic (exact) mass is 590 g/mol. The van der Waals surface area contributed by atoms with E-state index in [1.54, 1.807) is 25.3 Å². The fourth-order valence-corrected chi connectivity index (χ4v) is 5.48. The Kier molecular flexibility index (Phi) is 9.18. The number of piperazine rings is 1. The summed E-state index contributed by atoms with van der Waals surface area (Å²) in [5.41, 5.74) is 2.53. The summed E-state index contributed by atoms with van der Waals surface area (Å²) in [5, 5.41) is 22.0. The fraction of sp³-hybridized carbons (Fsp3) is 0.433. The lowest BCUT2D eigenvalue weighted by molar-refractivity contribution is -0.138. The van der Waals surface area contributed by atoms with Crippen LogP contribution in [0.15, 0.2) is 42.7 Å². The molecule has 43 heavy (non-hydrogen) atoms. The van der Waals surface area contributed by atoms with E-state index in [-0.39, 0.29) is 30.8 Å². The highest BCUT2D eigenvalue weighted by molar-refractivity contribution is 5.77. The summed E-state index contributed by atoms with van der Waals surface area (Å²) in [6.45, 7) is 4.48. The van der Waals surface area contributed by atoms with Crippen LogP contribution in [-0.2, 0) is 4.79 Å². The normalized spacial score (nSPS) is 20.8. The van der Waals surface area contributed by atoms with Crippen molar-refractivity contribution in [1.82, 2.24) is 24.8 Å². The highest BCUT2D eigenvalue weighted by Crippen LogP contribution is 2.34. The summed E-state index contributed by atoms with van der Waals surface area (Å²) in [6, 6.07) is 13.2. The van der Waals surface area contributed by atoms with E-state index in [0.717, 1.165) is 36.8 Å². The van der Waals surface area contributed by atoms with Crippen molar-refractivity contribution in [2.75, 3.05) is 63.7 Å². The molecular formula is C30H35FN8O4. The number of rotatable bonds is 8. The molecule has 3 heterocycles. The highest BCUT2D eigenvalue weighted by Gasteiger charge is 2.33. The van der Waals surface area contributed by atoms with E-state index in [2.05, 4.69) is 50.1 Å². The Morgan fingerprint density at radius 2 is 2.00 bits per heavy atom. The average Bonchev–Trinajstić information content (AvgIpc) is 3.02. The number of likely N-dealkylation sites (tertiary alicyclic amines) is 1. The fourth-order valence-electron chi connectivity index (χ4n) is 5.48. The molecule has 0 saturated carbocycles. The number of likely N-dealkylation sites (N-methyl/N-ethyl adjacent to an activating group) is 1. The van der Waals surface area contributed by atoms with E-state index in [1.807, 2.05) is 18.2 Å². The third-order valence-electron chi connectivity index (χ3n) is 7.75. The molecule has 0 bridgehead atoms. The molecule has 1 unspecified atom stereocenters. The van der Waals surface area contributed by atoms with Crippen LogP contribution in [0.1, 0.15) is 18.9 Å². The number of carbonyl (C=O) groups is 1. The second-order valence-electron chi connectivity index (χ2n) is 10.7. The first-order valence-corrected chi connectivity index (χ1v) is 14.1. The first-order chi connectivity index (χ1) is 20.8. The predicted molar refractivity (Wildman–Crippen MR) is 158 cm³/mol. The van der Waals surface area contributed by atoms with Crippen molar-refractivity contribution in [3.8, 4) is 29.0 Å². The Bertz CT molecular complexity index is 1500. The molecule has 12 nitrogen and oxygen atoms in total. The molecule has 3 atom stereocenters. The number of halogens is 1. The number of nitriles is 1. The van der Waals surface area contributed by atoms with Crippen molar-refractivity contribution in [3.63, 3.8) is 0 Å². The lowest BCUT2D eigenvalue weighted by Gasteiger charge is -2.40. The Morgan fingerprint density at radius 3 is 2.72 bits per heavy atom. The number of nitrogens with zero attached hydrogens (tertiary/aromatic N) is 7. The molecule has 0 spiro atoms. The number of ether oxygens (including phenoxy) is 2. The number of hydrogen-bond donors (Lipinski definition) is 2. The number of nitrogens with one attached hydrogen (secondary N) is 1. The maximum Gasteiger partial charge on any atom is 0.248 e. The van der Waals surface area contributed by atoms with Crippen LogP contribution >= 0.6 is 0 Å². The molecular weight excluding hydrogens is 555 g/mol. The maximum atomic E-state index is 14.8. The van der Waals surface area contributed by atoms with Crippen LogP contribution in [-0.4, -0.2) is 108 Å². The van der Waals surface area contributed by atoms with Crippen molar-refractivity contribution < 1.29 is 23.8 Å². The Balaban J connectivity index is 1.29. The van der Waals surface area contributed by atoms with Gasteiger partial charge in [0.25, 0.3) is 0 Å². The van der Waals surface area contributed by atoms with Crippen molar-refractivity contribution in [1.29, 1.82) is 5.26 Å². The topological polar surface area (TPSA) is 140 Å². The van der Waals surface area contributed by atoms with Gasteiger partial charge in [-0.2, -0.15) is 10.2 Å². The summed E-state index contributed by atoms with van der Waals surface area (Å²) >= 11 is 0. The number of anilines is 3. The van der Waals surface area contributed by atoms with Gasteiger partial charge in [-0.05, 0) is 44.3 Å². The van der Waals surface area contributed by atoms with Gasteiger partial charge >= 0.3 is 0 Å². The molecule has 2 fully saturated rings. The van der Waals surface area contributed by atoms with Gasteiger partial charge in [-0.15, -0.1) is 0 Å². The minimum absolute atomic E-state index is 0.172. The smallest absolute Gasteiger partial charge is 0.248 e. The maximum absolute atomic E-state index is 14.8. The molecule has 0 aliphatic carbocycles. The van der Waals surface area contributed by atoms with Gasteiger partial charge in [0.2, 0.25) is 11.9 Å².